The molecule has 2 aliphatic heterocycles. The highest BCUT2D eigenvalue weighted by molar-refractivity contribution is 8.15. The normalized spacial score (nSPS) is 21.2. The van der Waals surface area contributed by atoms with Gasteiger partial charge in [-0.1, -0.05) is 17.8 Å². The molecule has 2 unspecified atom stereocenters. The number of carbonyl (C=O) groups is 1. The quantitative estimate of drug-likeness (QED) is 0.706. The molecule has 2 heterocycles. The SMILES string of the molecule is COc1ccc(N(CC(=O)Nc2cccc(OC)c2)C2=NC3CS(=O)(=O)CC3S2)cc1. The van der Waals surface area contributed by atoms with Gasteiger partial charge in [0.25, 0.3) is 0 Å². The average Bonchev–Trinajstić information content (AvgIpc) is 3.25. The van der Waals surface area contributed by atoms with Crippen LogP contribution in [0.25, 0.3) is 0 Å². The van der Waals surface area contributed by atoms with Crippen molar-refractivity contribution in [3.63, 3.8) is 0 Å². The summed E-state index contributed by atoms with van der Waals surface area (Å²) in [6.07, 6.45) is 0. The molecule has 1 saturated heterocycles. The Hall–Kier alpha value is -2.72. The fourth-order valence-electron chi connectivity index (χ4n) is 3.55. The smallest absolute Gasteiger partial charge is 0.244 e. The lowest BCUT2D eigenvalue weighted by Gasteiger charge is -2.24. The number of sulfone groups is 1. The van der Waals surface area contributed by atoms with Crippen molar-refractivity contribution in [2.75, 3.05) is 42.5 Å². The Morgan fingerprint density at radius 3 is 2.55 bits per heavy atom. The van der Waals surface area contributed by atoms with Gasteiger partial charge >= 0.3 is 0 Å². The van der Waals surface area contributed by atoms with Gasteiger partial charge in [-0.2, -0.15) is 0 Å². The number of carbonyl (C=O) groups excluding carboxylic acids is 1. The molecule has 1 amide bonds. The molecule has 10 heteroatoms. The summed E-state index contributed by atoms with van der Waals surface area (Å²) in [5, 5.41) is 3.42. The van der Waals surface area contributed by atoms with E-state index in [4.69, 9.17) is 9.47 Å². The number of ether oxygens (including phenoxy) is 2. The Morgan fingerprint density at radius 1 is 1.13 bits per heavy atom. The van der Waals surface area contributed by atoms with Crippen LogP contribution in [-0.2, 0) is 14.6 Å². The zero-order valence-corrected chi connectivity index (χ0v) is 18.8. The molecule has 0 saturated carbocycles. The maximum Gasteiger partial charge on any atom is 0.244 e. The van der Waals surface area contributed by atoms with Gasteiger partial charge in [0, 0.05) is 22.7 Å². The Balaban J connectivity index is 1.56. The fourth-order valence-corrected chi connectivity index (χ4v) is 7.33. The number of anilines is 2. The molecule has 0 aromatic heterocycles. The molecular formula is C21H23N3O5S2. The fraction of sp³-hybridized carbons (Fsp3) is 0.333. The summed E-state index contributed by atoms with van der Waals surface area (Å²) in [4.78, 5) is 19.3. The van der Waals surface area contributed by atoms with Gasteiger partial charge in [-0.25, -0.2) is 8.42 Å². The zero-order chi connectivity index (χ0) is 22.0. The summed E-state index contributed by atoms with van der Waals surface area (Å²) in [7, 11) is 0.106. The van der Waals surface area contributed by atoms with Gasteiger partial charge in [-0.15, -0.1) is 0 Å². The van der Waals surface area contributed by atoms with Crippen molar-refractivity contribution in [1.29, 1.82) is 0 Å². The lowest BCUT2D eigenvalue weighted by Crippen LogP contribution is -2.36. The van der Waals surface area contributed by atoms with Crippen LogP contribution in [0.3, 0.4) is 0 Å². The molecule has 0 aliphatic carbocycles. The molecule has 8 nitrogen and oxygen atoms in total. The second-order valence-electron chi connectivity index (χ2n) is 7.28. The van der Waals surface area contributed by atoms with Crippen molar-refractivity contribution < 1.29 is 22.7 Å². The van der Waals surface area contributed by atoms with Gasteiger partial charge in [-0.05, 0) is 36.4 Å². The van der Waals surface area contributed by atoms with Crippen LogP contribution in [0, 0.1) is 0 Å². The standard InChI is InChI=1S/C21H23N3O5S2/c1-28-16-8-6-15(7-9-16)24(21-23-18-12-31(26,27)13-19(18)30-21)11-20(25)22-14-4-3-5-17(10-14)29-2/h3-10,18-19H,11-13H2,1-2H3,(H,22,25). The third-order valence-electron chi connectivity index (χ3n) is 5.08. The van der Waals surface area contributed by atoms with Crippen LogP contribution in [0.15, 0.2) is 53.5 Å². The Bertz CT molecular complexity index is 1100. The van der Waals surface area contributed by atoms with Gasteiger partial charge in [0.05, 0.1) is 31.8 Å². The summed E-state index contributed by atoms with van der Waals surface area (Å²) in [6, 6.07) is 14.2. The number of nitrogens with one attached hydrogen (secondary N) is 1. The van der Waals surface area contributed by atoms with E-state index in [1.165, 1.54) is 11.8 Å². The van der Waals surface area contributed by atoms with Crippen LogP contribution in [0.5, 0.6) is 11.5 Å². The molecule has 2 aromatic carbocycles. The molecule has 0 spiro atoms. The minimum atomic E-state index is -3.05. The molecule has 1 N–H and O–H groups in total. The number of fused-ring (bicyclic) bond motifs is 1. The average molecular weight is 462 g/mol. The van der Waals surface area contributed by atoms with Crippen molar-refractivity contribution in [2.24, 2.45) is 4.99 Å². The van der Waals surface area contributed by atoms with Crippen molar-refractivity contribution in [2.45, 2.75) is 11.3 Å². The predicted octanol–water partition coefficient (Wildman–Crippen LogP) is 2.42. The van der Waals surface area contributed by atoms with Crippen LogP contribution in [0.1, 0.15) is 0 Å². The summed E-state index contributed by atoms with van der Waals surface area (Å²) >= 11 is 1.42. The lowest BCUT2D eigenvalue weighted by atomic mass is 10.2. The van der Waals surface area contributed by atoms with E-state index >= 15 is 0 Å². The van der Waals surface area contributed by atoms with E-state index < -0.39 is 9.84 Å². The van der Waals surface area contributed by atoms with E-state index in [2.05, 4.69) is 10.3 Å². The van der Waals surface area contributed by atoms with Crippen molar-refractivity contribution in [1.82, 2.24) is 0 Å². The van der Waals surface area contributed by atoms with E-state index in [0.29, 0.717) is 22.4 Å². The van der Waals surface area contributed by atoms with Gasteiger partial charge in [-0.3, -0.25) is 9.79 Å². The van der Waals surface area contributed by atoms with E-state index in [-0.39, 0.29) is 35.2 Å². The number of rotatable bonds is 6. The largest absolute Gasteiger partial charge is 0.497 e. The Morgan fingerprint density at radius 2 is 1.87 bits per heavy atom. The number of hydrogen-bond acceptors (Lipinski definition) is 8. The summed E-state index contributed by atoms with van der Waals surface area (Å²) in [6.45, 7) is 0.0293. The van der Waals surface area contributed by atoms with E-state index in [0.717, 1.165) is 5.69 Å². The number of nitrogens with zero attached hydrogens (tertiary/aromatic N) is 2. The summed E-state index contributed by atoms with van der Waals surface area (Å²) in [5.41, 5.74) is 1.40. The zero-order valence-electron chi connectivity index (χ0n) is 17.1. The van der Waals surface area contributed by atoms with Crippen molar-refractivity contribution in [3.8, 4) is 11.5 Å². The van der Waals surface area contributed by atoms with Crippen LogP contribution in [0.4, 0.5) is 11.4 Å². The first-order valence-electron chi connectivity index (χ1n) is 9.67. The molecule has 31 heavy (non-hydrogen) atoms. The minimum Gasteiger partial charge on any atom is -0.497 e. The molecule has 0 radical (unpaired) electrons. The maximum atomic E-state index is 12.8. The molecule has 164 valence electrons. The first-order valence-corrected chi connectivity index (χ1v) is 12.4. The number of amidine groups is 1. The number of hydrogen-bond donors (Lipinski definition) is 1. The molecular weight excluding hydrogens is 438 g/mol. The first kappa shape index (κ1) is 21.5. The van der Waals surface area contributed by atoms with Crippen LogP contribution in [-0.4, -0.2) is 63.1 Å². The summed E-state index contributed by atoms with van der Waals surface area (Å²) in [5.74, 6) is 1.29. The molecule has 0 bridgehead atoms. The minimum absolute atomic E-state index is 0.0293. The van der Waals surface area contributed by atoms with Crippen LogP contribution < -0.4 is 19.7 Å². The predicted molar refractivity (Wildman–Crippen MR) is 123 cm³/mol. The lowest BCUT2D eigenvalue weighted by molar-refractivity contribution is -0.114. The van der Waals surface area contributed by atoms with Crippen LogP contribution in [0.2, 0.25) is 0 Å². The molecule has 2 atom stereocenters. The van der Waals surface area contributed by atoms with E-state index in [1.54, 1.807) is 38.5 Å². The van der Waals surface area contributed by atoms with Gasteiger partial charge in [0.2, 0.25) is 5.91 Å². The molecule has 4 rings (SSSR count). The Kier molecular flexibility index (Phi) is 6.10. The highest BCUT2D eigenvalue weighted by Gasteiger charge is 2.44. The summed E-state index contributed by atoms with van der Waals surface area (Å²) < 4.78 is 34.3. The van der Waals surface area contributed by atoms with Crippen LogP contribution >= 0.6 is 11.8 Å². The third-order valence-corrected chi connectivity index (χ3v) is 8.32. The van der Waals surface area contributed by atoms with Gasteiger partial charge in [0.1, 0.15) is 18.0 Å². The first-order chi connectivity index (χ1) is 14.9. The molecule has 2 aromatic rings. The third kappa shape index (κ3) is 4.96. The Labute approximate surface area is 185 Å². The van der Waals surface area contributed by atoms with Crippen molar-refractivity contribution >= 4 is 44.0 Å². The maximum absolute atomic E-state index is 12.8. The second kappa shape index (κ2) is 8.80. The highest BCUT2D eigenvalue weighted by Crippen LogP contribution is 2.37. The molecule has 1 fully saturated rings. The number of aliphatic imine (C=N–C) groups is 1. The topological polar surface area (TPSA) is 97.3 Å². The highest BCUT2D eigenvalue weighted by atomic mass is 32.2. The molecule has 2 aliphatic rings. The van der Waals surface area contributed by atoms with E-state index in [9.17, 15) is 13.2 Å². The van der Waals surface area contributed by atoms with Gasteiger partial charge in [0.15, 0.2) is 15.0 Å². The number of amides is 1. The van der Waals surface area contributed by atoms with E-state index in [1.807, 2.05) is 29.2 Å². The van der Waals surface area contributed by atoms with Crippen molar-refractivity contribution in [3.05, 3.63) is 48.5 Å². The number of methoxy groups -OCH3 is 2. The number of benzene rings is 2. The monoisotopic (exact) mass is 461 g/mol. The van der Waals surface area contributed by atoms with Gasteiger partial charge < -0.3 is 19.7 Å². The second-order valence-corrected chi connectivity index (χ2v) is 10.6. The number of thioether (sulfide) groups is 1.